The summed E-state index contributed by atoms with van der Waals surface area (Å²) in [5.74, 6) is -0.796. The lowest BCUT2D eigenvalue weighted by molar-refractivity contribution is 0.0698. The number of hydrogen-bond donors (Lipinski definition) is 4. The van der Waals surface area contributed by atoms with Gasteiger partial charge in [0.2, 0.25) is 0 Å². The molecule has 0 aliphatic carbocycles. The van der Waals surface area contributed by atoms with Crippen molar-refractivity contribution < 1.29 is 29.6 Å². The zero-order valence-electron chi connectivity index (χ0n) is 11.6. The van der Waals surface area contributed by atoms with Gasteiger partial charge in [0.05, 0.1) is 31.6 Å². The highest BCUT2D eigenvalue weighted by Gasteiger charge is 2.17. The van der Waals surface area contributed by atoms with E-state index in [9.17, 15) is 9.59 Å². The monoisotopic (exact) mass is 298 g/mol. The number of hydrogen-bond acceptors (Lipinski definition) is 5. The van der Waals surface area contributed by atoms with Gasteiger partial charge in [-0.3, -0.25) is 0 Å². The second-order valence-corrected chi connectivity index (χ2v) is 4.08. The molecule has 8 heteroatoms. The van der Waals surface area contributed by atoms with E-state index < -0.39 is 12.0 Å². The number of ether oxygens (including phenoxy) is 1. The third-order valence-electron chi connectivity index (χ3n) is 2.73. The van der Waals surface area contributed by atoms with Gasteiger partial charge in [-0.25, -0.2) is 9.59 Å². The molecular formula is C13H18N2O6. The number of carboxylic acid groups (broad SMARTS) is 1. The molecule has 116 valence electrons. The van der Waals surface area contributed by atoms with Gasteiger partial charge in [-0.05, 0) is 12.1 Å². The van der Waals surface area contributed by atoms with Gasteiger partial charge >= 0.3 is 12.0 Å². The number of aromatic carboxylic acids is 1. The molecular weight excluding hydrogens is 280 g/mol. The van der Waals surface area contributed by atoms with E-state index in [2.05, 4.69) is 5.32 Å². The zero-order valence-corrected chi connectivity index (χ0v) is 11.6. The molecule has 21 heavy (non-hydrogen) atoms. The van der Waals surface area contributed by atoms with Gasteiger partial charge in [-0.2, -0.15) is 0 Å². The molecule has 0 atom stereocenters. The molecule has 0 bridgehead atoms. The number of amides is 2. The van der Waals surface area contributed by atoms with Gasteiger partial charge in [-0.1, -0.05) is 0 Å². The lowest BCUT2D eigenvalue weighted by atomic mass is 10.1. The Balaban J connectivity index is 2.98. The van der Waals surface area contributed by atoms with Crippen molar-refractivity contribution in [2.24, 2.45) is 0 Å². The number of methoxy groups -OCH3 is 1. The van der Waals surface area contributed by atoms with Crippen LogP contribution >= 0.6 is 0 Å². The summed E-state index contributed by atoms with van der Waals surface area (Å²) >= 11 is 0. The van der Waals surface area contributed by atoms with E-state index in [4.69, 9.17) is 20.1 Å². The van der Waals surface area contributed by atoms with E-state index in [0.717, 1.165) is 0 Å². The first-order chi connectivity index (χ1) is 10.0. The van der Waals surface area contributed by atoms with Crippen LogP contribution in [-0.2, 0) is 0 Å². The van der Waals surface area contributed by atoms with Crippen molar-refractivity contribution in [1.82, 2.24) is 4.90 Å². The molecule has 0 unspecified atom stereocenters. The smallest absolute Gasteiger partial charge is 0.337 e. The Kier molecular flexibility index (Phi) is 6.44. The Morgan fingerprint density at radius 2 is 1.86 bits per heavy atom. The number of benzene rings is 1. The number of anilines is 1. The van der Waals surface area contributed by atoms with Crippen molar-refractivity contribution in [2.45, 2.75) is 0 Å². The number of carbonyl (C=O) groups excluding carboxylic acids is 1. The van der Waals surface area contributed by atoms with Gasteiger partial charge in [0.1, 0.15) is 5.75 Å². The Hall–Kier alpha value is -2.32. The van der Waals surface area contributed by atoms with Crippen LogP contribution in [0.4, 0.5) is 10.5 Å². The molecule has 1 rings (SSSR count). The Bertz CT molecular complexity index is 499. The summed E-state index contributed by atoms with van der Waals surface area (Å²) in [5, 5.41) is 29.3. The number of rotatable bonds is 7. The van der Waals surface area contributed by atoms with Crippen LogP contribution in [0, 0.1) is 0 Å². The van der Waals surface area contributed by atoms with Crippen LogP contribution in [0.1, 0.15) is 10.4 Å². The number of carbonyl (C=O) groups is 2. The highest BCUT2D eigenvalue weighted by Crippen LogP contribution is 2.23. The molecule has 1 aromatic rings. The zero-order chi connectivity index (χ0) is 15.8. The van der Waals surface area contributed by atoms with Crippen LogP contribution < -0.4 is 10.1 Å². The van der Waals surface area contributed by atoms with Crippen LogP contribution in [0.25, 0.3) is 0 Å². The average molecular weight is 298 g/mol. The first-order valence-corrected chi connectivity index (χ1v) is 6.22. The summed E-state index contributed by atoms with van der Waals surface area (Å²) in [6.45, 7) is -0.480. The Morgan fingerprint density at radius 3 is 2.33 bits per heavy atom. The standard InChI is InChI=1S/C13H18N2O6/c1-21-9-2-3-10(12(18)19)11(8-9)14-13(20)15(4-6-16)5-7-17/h2-3,8,16-17H,4-7H2,1H3,(H,14,20)(H,18,19). The second kappa shape index (κ2) is 8.08. The van der Waals surface area contributed by atoms with E-state index in [1.807, 2.05) is 0 Å². The van der Waals surface area contributed by atoms with Crippen molar-refractivity contribution >= 4 is 17.7 Å². The van der Waals surface area contributed by atoms with Gasteiger partial charge in [0.15, 0.2) is 0 Å². The van der Waals surface area contributed by atoms with Crippen molar-refractivity contribution in [2.75, 3.05) is 38.7 Å². The molecule has 4 N–H and O–H groups in total. The van der Waals surface area contributed by atoms with Crippen LogP contribution in [0.15, 0.2) is 18.2 Å². The lowest BCUT2D eigenvalue weighted by Crippen LogP contribution is -2.39. The molecule has 0 aliphatic rings. The maximum absolute atomic E-state index is 12.0. The van der Waals surface area contributed by atoms with Gasteiger partial charge in [0, 0.05) is 19.2 Å². The van der Waals surface area contributed by atoms with Gasteiger partial charge < -0.3 is 30.3 Å². The molecule has 2 amide bonds. The third-order valence-corrected chi connectivity index (χ3v) is 2.73. The number of urea groups is 1. The molecule has 0 spiro atoms. The predicted octanol–water partition coefficient (Wildman–Crippen LogP) is 0.212. The normalized spacial score (nSPS) is 10.0. The second-order valence-electron chi connectivity index (χ2n) is 4.08. The van der Waals surface area contributed by atoms with Gasteiger partial charge in [-0.15, -0.1) is 0 Å². The highest BCUT2D eigenvalue weighted by molar-refractivity contribution is 6.00. The number of nitrogens with zero attached hydrogens (tertiary/aromatic N) is 1. The molecule has 8 nitrogen and oxygen atoms in total. The molecule has 0 saturated heterocycles. The Labute approximate surface area is 121 Å². The quantitative estimate of drug-likeness (QED) is 0.571. The predicted molar refractivity (Wildman–Crippen MR) is 74.7 cm³/mol. The molecule has 0 aromatic heterocycles. The Morgan fingerprint density at radius 1 is 1.24 bits per heavy atom. The van der Waals surface area contributed by atoms with Crippen molar-refractivity contribution in [3.8, 4) is 5.75 Å². The van der Waals surface area contributed by atoms with Crippen molar-refractivity contribution in [1.29, 1.82) is 0 Å². The van der Waals surface area contributed by atoms with E-state index in [0.29, 0.717) is 5.75 Å². The van der Waals surface area contributed by atoms with E-state index in [-0.39, 0.29) is 37.6 Å². The molecule has 0 heterocycles. The maximum Gasteiger partial charge on any atom is 0.337 e. The highest BCUT2D eigenvalue weighted by atomic mass is 16.5. The van der Waals surface area contributed by atoms with Crippen LogP contribution in [0.3, 0.4) is 0 Å². The summed E-state index contributed by atoms with van der Waals surface area (Å²) in [6, 6.07) is 3.56. The molecule has 0 radical (unpaired) electrons. The van der Waals surface area contributed by atoms with Crippen LogP contribution in [0.5, 0.6) is 5.75 Å². The van der Waals surface area contributed by atoms with E-state index in [1.54, 1.807) is 0 Å². The lowest BCUT2D eigenvalue weighted by Gasteiger charge is -2.21. The minimum absolute atomic E-state index is 0.0266. The number of carboxylic acids is 1. The van der Waals surface area contributed by atoms with Crippen molar-refractivity contribution in [3.05, 3.63) is 23.8 Å². The molecule has 1 aromatic carbocycles. The van der Waals surface area contributed by atoms with E-state index >= 15 is 0 Å². The molecule has 0 saturated carbocycles. The minimum atomic E-state index is -1.19. The first-order valence-electron chi connectivity index (χ1n) is 6.22. The fourth-order valence-electron chi connectivity index (χ4n) is 1.69. The SMILES string of the molecule is COc1ccc(C(=O)O)c(NC(=O)N(CCO)CCO)c1. The topological polar surface area (TPSA) is 119 Å². The third kappa shape index (κ3) is 4.62. The fourth-order valence-corrected chi connectivity index (χ4v) is 1.69. The fraction of sp³-hybridized carbons (Fsp3) is 0.385. The maximum atomic E-state index is 12.0. The summed E-state index contributed by atoms with van der Waals surface area (Å²) in [6.07, 6.45) is 0. The van der Waals surface area contributed by atoms with Crippen molar-refractivity contribution in [3.63, 3.8) is 0 Å². The summed E-state index contributed by atoms with van der Waals surface area (Å²) in [5.41, 5.74) is -0.00942. The van der Waals surface area contributed by atoms with Gasteiger partial charge in [0.25, 0.3) is 0 Å². The van der Waals surface area contributed by atoms with Crippen LogP contribution in [-0.4, -0.2) is 65.6 Å². The first kappa shape index (κ1) is 16.7. The summed E-state index contributed by atoms with van der Waals surface area (Å²) in [7, 11) is 1.42. The van der Waals surface area contributed by atoms with Crippen LogP contribution in [0.2, 0.25) is 0 Å². The van der Waals surface area contributed by atoms with E-state index in [1.165, 1.54) is 30.2 Å². The minimum Gasteiger partial charge on any atom is -0.497 e. The molecule has 0 aliphatic heterocycles. The summed E-state index contributed by atoms with van der Waals surface area (Å²) in [4.78, 5) is 24.3. The largest absolute Gasteiger partial charge is 0.497 e. The summed E-state index contributed by atoms with van der Waals surface area (Å²) < 4.78 is 4.99. The molecule has 0 fully saturated rings. The number of nitrogens with one attached hydrogen (secondary N) is 1. The number of aliphatic hydroxyl groups excluding tert-OH is 2. The average Bonchev–Trinajstić information content (AvgIpc) is 2.46. The number of aliphatic hydroxyl groups is 2.